The lowest BCUT2D eigenvalue weighted by Gasteiger charge is -2.16. The quantitative estimate of drug-likeness (QED) is 0.263. The number of carbonyl (C=O) groups excluding carboxylic acids is 2. The van der Waals surface area contributed by atoms with Gasteiger partial charge in [-0.15, -0.1) is 0 Å². The van der Waals surface area contributed by atoms with Crippen LogP contribution in [0.15, 0.2) is 83.9 Å². The monoisotopic (exact) mass is 491 g/mol. The molecule has 1 aliphatic rings. The van der Waals surface area contributed by atoms with E-state index in [9.17, 15) is 14.0 Å². The molecule has 8 heteroatoms. The van der Waals surface area contributed by atoms with E-state index in [0.717, 1.165) is 28.3 Å². The average molecular weight is 492 g/mol. The number of carbonyl (C=O) groups is 2. The van der Waals surface area contributed by atoms with Crippen molar-refractivity contribution in [2.24, 2.45) is 4.99 Å². The fraction of sp³-hybridized carbons (Fsp3) is 0.222. The van der Waals surface area contributed by atoms with E-state index in [4.69, 9.17) is 9.73 Å². The van der Waals surface area contributed by atoms with Gasteiger partial charge in [-0.3, -0.25) is 14.6 Å². The first-order chi connectivity index (χ1) is 17.0. The summed E-state index contributed by atoms with van der Waals surface area (Å²) in [7, 11) is 0. The van der Waals surface area contributed by atoms with Gasteiger partial charge < -0.3 is 10.1 Å². The molecule has 180 valence electrons. The van der Waals surface area contributed by atoms with Gasteiger partial charge in [0.05, 0.1) is 12.3 Å². The first-order valence-electron chi connectivity index (χ1n) is 11.4. The van der Waals surface area contributed by atoms with E-state index in [-0.39, 0.29) is 18.2 Å². The van der Waals surface area contributed by atoms with E-state index < -0.39 is 11.1 Å². The molecule has 1 atom stereocenters. The van der Waals surface area contributed by atoms with Gasteiger partial charge in [0.2, 0.25) is 11.8 Å². The molecule has 0 saturated carbocycles. The fourth-order valence-corrected chi connectivity index (χ4v) is 4.70. The third-order valence-corrected chi connectivity index (χ3v) is 6.47. The Hall–Kier alpha value is -3.65. The van der Waals surface area contributed by atoms with Crippen LogP contribution in [-0.2, 0) is 16.0 Å². The fourth-order valence-electron chi connectivity index (χ4n) is 3.65. The second-order valence-corrected chi connectivity index (χ2v) is 9.05. The number of hydrogen-bond acceptors (Lipinski definition) is 5. The van der Waals surface area contributed by atoms with Gasteiger partial charge in [-0.2, -0.15) is 0 Å². The van der Waals surface area contributed by atoms with Crippen LogP contribution in [0.3, 0.4) is 0 Å². The molecule has 0 aliphatic carbocycles. The molecule has 0 aromatic heterocycles. The molecule has 0 radical (unpaired) electrons. The molecule has 3 aromatic carbocycles. The Labute approximate surface area is 208 Å². The second kappa shape index (κ2) is 11.7. The summed E-state index contributed by atoms with van der Waals surface area (Å²) in [4.78, 5) is 31.6. The van der Waals surface area contributed by atoms with Crippen molar-refractivity contribution in [3.05, 3.63) is 90.2 Å². The largest absolute Gasteiger partial charge is 0.494 e. The maximum Gasteiger partial charge on any atom is 0.247 e. The minimum absolute atomic E-state index is 0.0452. The zero-order valence-corrected chi connectivity index (χ0v) is 20.1. The number of benzene rings is 3. The number of amidine groups is 1. The number of ether oxygens (including phenoxy) is 1. The predicted octanol–water partition coefficient (Wildman–Crippen LogP) is 5.30. The SMILES string of the molecule is CCOc1ccc(NC(=NCCc2ccccc2)S[C@H]2CC(=O)N(c3ccc(F)cc3)C2=O)cc1. The highest BCUT2D eigenvalue weighted by molar-refractivity contribution is 8.15. The summed E-state index contributed by atoms with van der Waals surface area (Å²) in [6.45, 7) is 3.03. The third-order valence-electron chi connectivity index (χ3n) is 5.36. The predicted molar refractivity (Wildman–Crippen MR) is 139 cm³/mol. The Morgan fingerprint density at radius 3 is 2.46 bits per heavy atom. The van der Waals surface area contributed by atoms with Crippen molar-refractivity contribution in [2.75, 3.05) is 23.4 Å². The summed E-state index contributed by atoms with van der Waals surface area (Å²) in [5.41, 5.74) is 2.33. The van der Waals surface area contributed by atoms with Crippen LogP contribution in [-0.4, -0.2) is 35.4 Å². The molecular formula is C27H26FN3O3S. The van der Waals surface area contributed by atoms with Crippen LogP contribution in [0.2, 0.25) is 0 Å². The van der Waals surface area contributed by atoms with Crippen molar-refractivity contribution >= 4 is 40.1 Å². The lowest BCUT2D eigenvalue weighted by molar-refractivity contribution is -0.121. The van der Waals surface area contributed by atoms with Gasteiger partial charge >= 0.3 is 0 Å². The zero-order chi connectivity index (χ0) is 24.6. The molecule has 0 unspecified atom stereocenters. The van der Waals surface area contributed by atoms with Gasteiger partial charge in [0.25, 0.3) is 0 Å². The first-order valence-corrected chi connectivity index (χ1v) is 12.3. The number of rotatable bonds is 8. The molecule has 1 saturated heterocycles. The van der Waals surface area contributed by atoms with Crippen LogP contribution in [0.1, 0.15) is 18.9 Å². The van der Waals surface area contributed by atoms with Crippen LogP contribution < -0.4 is 15.0 Å². The lowest BCUT2D eigenvalue weighted by Crippen LogP contribution is -2.31. The van der Waals surface area contributed by atoms with E-state index in [0.29, 0.717) is 24.0 Å². The summed E-state index contributed by atoms with van der Waals surface area (Å²) < 4.78 is 18.8. The third kappa shape index (κ3) is 6.48. The van der Waals surface area contributed by atoms with Crippen LogP contribution in [0.4, 0.5) is 15.8 Å². The van der Waals surface area contributed by atoms with Crippen molar-refractivity contribution in [1.29, 1.82) is 0 Å². The standard InChI is InChI=1S/C27H26FN3O3S/c1-2-34-23-14-10-21(11-15-23)30-27(29-17-16-19-6-4-3-5-7-19)35-24-18-25(32)31(26(24)33)22-12-8-20(28)9-13-22/h3-15,24H,2,16-18H2,1H3,(H,29,30)/t24-/m0/s1. The van der Waals surface area contributed by atoms with E-state index >= 15 is 0 Å². The molecule has 0 spiro atoms. The summed E-state index contributed by atoms with van der Waals surface area (Å²) in [6.07, 6.45) is 0.790. The number of halogens is 1. The minimum atomic E-state index is -0.627. The molecule has 4 rings (SSSR count). The van der Waals surface area contributed by atoms with E-state index in [2.05, 4.69) is 5.32 Å². The minimum Gasteiger partial charge on any atom is -0.494 e. The van der Waals surface area contributed by atoms with Crippen molar-refractivity contribution < 1.29 is 18.7 Å². The van der Waals surface area contributed by atoms with Crippen LogP contribution in [0, 0.1) is 5.82 Å². The highest BCUT2D eigenvalue weighted by Crippen LogP contribution is 2.31. The smallest absolute Gasteiger partial charge is 0.247 e. The molecule has 3 aromatic rings. The number of aliphatic imine (C=N–C) groups is 1. The molecule has 1 N–H and O–H groups in total. The normalized spacial score (nSPS) is 16.0. The van der Waals surface area contributed by atoms with Crippen molar-refractivity contribution in [1.82, 2.24) is 0 Å². The molecule has 0 bridgehead atoms. The molecule has 1 aliphatic heterocycles. The van der Waals surface area contributed by atoms with Crippen LogP contribution in [0.5, 0.6) is 5.75 Å². The second-order valence-electron chi connectivity index (χ2n) is 7.86. The number of anilines is 2. The molecule has 35 heavy (non-hydrogen) atoms. The Morgan fingerprint density at radius 2 is 1.77 bits per heavy atom. The lowest BCUT2D eigenvalue weighted by atomic mass is 10.2. The van der Waals surface area contributed by atoms with Gasteiger partial charge in [-0.25, -0.2) is 9.29 Å². The van der Waals surface area contributed by atoms with Crippen LogP contribution in [0.25, 0.3) is 0 Å². The first kappa shape index (κ1) is 24.5. The number of nitrogens with one attached hydrogen (secondary N) is 1. The number of thioether (sulfide) groups is 1. The highest BCUT2D eigenvalue weighted by Gasteiger charge is 2.40. The Balaban J connectivity index is 1.49. The van der Waals surface area contributed by atoms with E-state index in [1.807, 2.05) is 61.5 Å². The molecular weight excluding hydrogens is 465 g/mol. The summed E-state index contributed by atoms with van der Waals surface area (Å²) in [5.74, 6) is -0.314. The van der Waals surface area contributed by atoms with Gasteiger partial charge in [0, 0.05) is 18.7 Å². The number of amides is 2. The molecule has 1 fully saturated rings. The highest BCUT2D eigenvalue weighted by atomic mass is 32.2. The summed E-state index contributed by atoms with van der Waals surface area (Å²) >= 11 is 1.23. The number of imide groups is 1. The van der Waals surface area contributed by atoms with E-state index in [1.54, 1.807) is 0 Å². The van der Waals surface area contributed by atoms with Gasteiger partial charge in [-0.1, -0.05) is 42.1 Å². The maximum absolute atomic E-state index is 13.3. The number of hydrogen-bond donors (Lipinski definition) is 1. The average Bonchev–Trinajstić information content (AvgIpc) is 3.14. The van der Waals surface area contributed by atoms with Crippen molar-refractivity contribution in [2.45, 2.75) is 25.0 Å². The molecule has 6 nitrogen and oxygen atoms in total. The number of nitrogens with zero attached hydrogens (tertiary/aromatic N) is 2. The van der Waals surface area contributed by atoms with Crippen LogP contribution >= 0.6 is 11.8 Å². The van der Waals surface area contributed by atoms with Gasteiger partial charge in [0.1, 0.15) is 16.8 Å². The maximum atomic E-state index is 13.3. The van der Waals surface area contributed by atoms with E-state index in [1.165, 1.54) is 36.0 Å². The molecule has 1 heterocycles. The Kier molecular flexibility index (Phi) is 8.15. The van der Waals surface area contributed by atoms with Crippen molar-refractivity contribution in [3.63, 3.8) is 0 Å². The van der Waals surface area contributed by atoms with Crippen molar-refractivity contribution in [3.8, 4) is 5.75 Å². The zero-order valence-electron chi connectivity index (χ0n) is 19.3. The summed E-state index contributed by atoms with van der Waals surface area (Å²) in [5, 5.41) is 3.21. The van der Waals surface area contributed by atoms with Gasteiger partial charge in [-0.05, 0) is 67.4 Å². The topological polar surface area (TPSA) is 71.0 Å². The van der Waals surface area contributed by atoms with Gasteiger partial charge in [0.15, 0.2) is 5.17 Å². The Morgan fingerprint density at radius 1 is 1.06 bits per heavy atom. The summed E-state index contributed by atoms with van der Waals surface area (Å²) in [6, 6.07) is 22.9. The molecule has 2 amide bonds. The Bertz CT molecular complexity index is 1180.